The quantitative estimate of drug-likeness (QED) is 0.672. The number of carbonyl (C=O) groups is 1. The molecule has 1 aliphatic carbocycles. The van der Waals surface area contributed by atoms with E-state index in [1.165, 1.54) is 0 Å². The van der Waals surface area contributed by atoms with E-state index in [4.69, 9.17) is 0 Å². The van der Waals surface area contributed by atoms with Gasteiger partial charge in [-0.2, -0.15) is 5.10 Å². The highest BCUT2D eigenvalue weighted by Gasteiger charge is 2.61. The Kier molecular flexibility index (Phi) is 5.39. The van der Waals surface area contributed by atoms with Crippen molar-refractivity contribution in [3.8, 4) is 0 Å². The zero-order valence-electron chi connectivity index (χ0n) is 17.4. The smallest absolute Gasteiger partial charge is 0.260 e. The van der Waals surface area contributed by atoms with Crippen LogP contribution in [0.25, 0.3) is 16.5 Å². The molecule has 31 heavy (non-hydrogen) atoms. The van der Waals surface area contributed by atoms with Crippen molar-refractivity contribution in [2.45, 2.75) is 32.6 Å². The minimum absolute atomic E-state index is 0.213. The number of aromatic nitrogens is 2. The predicted molar refractivity (Wildman–Crippen MR) is 118 cm³/mol. The molecule has 2 aromatic heterocycles. The molecule has 4 rings (SSSR count). The third-order valence-corrected chi connectivity index (χ3v) is 5.43. The van der Waals surface area contributed by atoms with Gasteiger partial charge in [0.15, 0.2) is 0 Å². The van der Waals surface area contributed by atoms with Gasteiger partial charge in [-0.15, -0.1) is 0 Å². The van der Waals surface area contributed by atoms with E-state index in [2.05, 4.69) is 32.4 Å². The second-order valence-electron chi connectivity index (χ2n) is 7.76. The molecule has 8 heteroatoms. The summed E-state index contributed by atoms with van der Waals surface area (Å²) in [5, 5.41) is 7.48. The maximum absolute atomic E-state index is 13.1. The normalized spacial score (nSPS) is 20.3. The molecule has 2 aromatic rings. The number of alkyl halides is 2. The van der Waals surface area contributed by atoms with Gasteiger partial charge in [-0.05, 0) is 36.6 Å². The molecule has 0 spiro atoms. The van der Waals surface area contributed by atoms with Crippen molar-refractivity contribution < 1.29 is 13.6 Å². The lowest BCUT2D eigenvalue weighted by Crippen LogP contribution is -2.18. The van der Waals surface area contributed by atoms with Crippen molar-refractivity contribution >= 4 is 33.9 Å². The fraction of sp³-hybridized carbons (Fsp3) is 0.304. The monoisotopic (exact) mass is 423 g/mol. The van der Waals surface area contributed by atoms with Crippen LogP contribution in [0.1, 0.15) is 32.3 Å². The molecule has 160 valence electrons. The van der Waals surface area contributed by atoms with Crippen molar-refractivity contribution in [3.05, 3.63) is 60.0 Å². The molecule has 1 saturated carbocycles. The van der Waals surface area contributed by atoms with Gasteiger partial charge in [0.2, 0.25) is 5.91 Å². The minimum Gasteiger partial charge on any atom is -0.310 e. The van der Waals surface area contributed by atoms with Crippen molar-refractivity contribution in [3.63, 3.8) is 0 Å². The van der Waals surface area contributed by atoms with Crippen molar-refractivity contribution in [1.29, 1.82) is 0 Å². The van der Waals surface area contributed by atoms with Gasteiger partial charge in [-0.3, -0.25) is 9.78 Å². The molecule has 1 amide bonds. The van der Waals surface area contributed by atoms with Crippen LogP contribution in [0.4, 0.5) is 14.6 Å². The van der Waals surface area contributed by atoms with Crippen LogP contribution >= 0.6 is 0 Å². The summed E-state index contributed by atoms with van der Waals surface area (Å²) in [7, 11) is 0. The SMILES string of the molecule is C=C(/C=C(C)\C(=C/C)c1cnc2cc(NC(=O)C3CC3(F)F)ncc2c1)C1=NNCC1. The number of rotatable bonds is 6. The first-order valence-corrected chi connectivity index (χ1v) is 10.1. The molecule has 2 aliphatic rings. The van der Waals surface area contributed by atoms with Gasteiger partial charge >= 0.3 is 0 Å². The Morgan fingerprint density at radius 3 is 2.74 bits per heavy atom. The molecule has 3 heterocycles. The van der Waals surface area contributed by atoms with Gasteiger partial charge in [-0.25, -0.2) is 13.8 Å². The first kappa shape index (κ1) is 20.8. The Balaban J connectivity index is 1.54. The summed E-state index contributed by atoms with van der Waals surface area (Å²) in [5.41, 5.74) is 8.35. The average molecular weight is 423 g/mol. The van der Waals surface area contributed by atoms with E-state index < -0.39 is 24.2 Å². The van der Waals surface area contributed by atoms with E-state index in [0.717, 1.165) is 46.3 Å². The lowest BCUT2D eigenvalue weighted by atomic mass is 9.96. The zero-order valence-corrected chi connectivity index (χ0v) is 17.4. The number of amides is 1. The van der Waals surface area contributed by atoms with Crippen molar-refractivity contribution in [2.75, 3.05) is 11.9 Å². The number of hydrazone groups is 1. The third-order valence-electron chi connectivity index (χ3n) is 5.43. The Bertz CT molecular complexity index is 1170. The number of nitrogens with one attached hydrogen (secondary N) is 2. The number of hydrogen-bond acceptors (Lipinski definition) is 5. The Labute approximate surface area is 178 Å². The maximum atomic E-state index is 13.1. The van der Waals surface area contributed by atoms with Gasteiger partial charge in [0, 0.05) is 48.8 Å². The number of nitrogens with zero attached hydrogens (tertiary/aromatic N) is 3. The van der Waals surface area contributed by atoms with Crippen LogP contribution in [-0.4, -0.2) is 34.1 Å². The summed E-state index contributed by atoms with van der Waals surface area (Å²) >= 11 is 0. The van der Waals surface area contributed by atoms with Crippen LogP contribution in [0.3, 0.4) is 0 Å². The van der Waals surface area contributed by atoms with Gasteiger partial charge in [0.05, 0.1) is 11.2 Å². The van der Waals surface area contributed by atoms with E-state index in [-0.39, 0.29) is 5.82 Å². The molecule has 6 nitrogen and oxygen atoms in total. The second-order valence-corrected chi connectivity index (χ2v) is 7.76. The third kappa shape index (κ3) is 4.38. The number of halogens is 2. The molecule has 1 fully saturated rings. The zero-order chi connectivity index (χ0) is 22.2. The van der Waals surface area contributed by atoms with Crippen LogP contribution < -0.4 is 10.7 Å². The average Bonchev–Trinajstić information content (AvgIpc) is 3.13. The van der Waals surface area contributed by atoms with Crippen molar-refractivity contribution in [2.24, 2.45) is 11.0 Å². The lowest BCUT2D eigenvalue weighted by molar-refractivity contribution is -0.119. The minimum atomic E-state index is -2.91. The van der Waals surface area contributed by atoms with Gasteiger partial charge < -0.3 is 10.7 Å². The molecule has 1 unspecified atom stereocenters. The van der Waals surface area contributed by atoms with E-state index in [1.54, 1.807) is 18.5 Å². The van der Waals surface area contributed by atoms with E-state index in [9.17, 15) is 13.6 Å². The van der Waals surface area contributed by atoms with Crippen LogP contribution in [0, 0.1) is 5.92 Å². The van der Waals surface area contributed by atoms with Crippen LogP contribution in [0.2, 0.25) is 0 Å². The first-order chi connectivity index (χ1) is 14.8. The Morgan fingerprint density at radius 2 is 2.10 bits per heavy atom. The lowest BCUT2D eigenvalue weighted by Gasteiger charge is -2.11. The molecule has 0 bridgehead atoms. The van der Waals surface area contributed by atoms with Gasteiger partial charge in [-0.1, -0.05) is 18.7 Å². The summed E-state index contributed by atoms with van der Waals surface area (Å²) in [4.78, 5) is 20.6. The number of anilines is 1. The van der Waals surface area contributed by atoms with E-state index in [1.807, 2.05) is 32.1 Å². The number of carbonyl (C=O) groups excluding carboxylic acids is 1. The number of pyridine rings is 2. The highest BCUT2D eigenvalue weighted by molar-refractivity contribution is 6.03. The standard InChI is InChI=1S/C23H23F2N5O/c1-4-17(13(2)7-14(3)19-5-6-28-30-19)15-8-16-12-27-21(9-20(16)26-11-15)29-22(31)18-10-23(18,24)25/h4,7-9,11-12,18,28H,3,5-6,10H2,1-2H3,(H,27,29,31)/b13-7-,17-4+. The molecule has 0 saturated heterocycles. The Hall–Kier alpha value is -3.42. The van der Waals surface area contributed by atoms with Crippen LogP contribution in [0.15, 0.2) is 59.5 Å². The maximum Gasteiger partial charge on any atom is 0.260 e. The summed E-state index contributed by atoms with van der Waals surface area (Å²) in [6, 6.07) is 3.54. The molecule has 2 N–H and O–H groups in total. The largest absolute Gasteiger partial charge is 0.310 e. The van der Waals surface area contributed by atoms with E-state index >= 15 is 0 Å². The van der Waals surface area contributed by atoms with Gasteiger partial charge in [0.1, 0.15) is 11.7 Å². The number of allylic oxidation sites excluding steroid dienone is 5. The highest BCUT2D eigenvalue weighted by atomic mass is 19.3. The number of hydrogen-bond donors (Lipinski definition) is 2. The first-order valence-electron chi connectivity index (χ1n) is 10.1. The summed E-state index contributed by atoms with van der Waals surface area (Å²) < 4.78 is 26.1. The second kappa shape index (κ2) is 8.02. The molecule has 1 atom stereocenters. The summed E-state index contributed by atoms with van der Waals surface area (Å²) in [6.45, 7) is 8.91. The summed E-state index contributed by atoms with van der Waals surface area (Å²) in [5.74, 6) is -4.68. The fourth-order valence-electron chi connectivity index (χ4n) is 3.61. The summed E-state index contributed by atoms with van der Waals surface area (Å²) in [6.07, 6.45) is 7.78. The number of fused-ring (bicyclic) bond motifs is 1. The molecule has 1 aliphatic heterocycles. The topological polar surface area (TPSA) is 79.3 Å². The molecular formula is C23H23F2N5O. The van der Waals surface area contributed by atoms with E-state index in [0.29, 0.717) is 5.52 Å². The van der Waals surface area contributed by atoms with Crippen molar-refractivity contribution in [1.82, 2.24) is 15.4 Å². The Morgan fingerprint density at radius 1 is 1.32 bits per heavy atom. The van der Waals surface area contributed by atoms with Gasteiger partial charge in [0.25, 0.3) is 5.92 Å². The van der Waals surface area contributed by atoms with Crippen LogP contribution in [-0.2, 0) is 4.79 Å². The molecule has 0 aromatic carbocycles. The molecular weight excluding hydrogens is 400 g/mol. The predicted octanol–water partition coefficient (Wildman–Crippen LogP) is 4.48. The van der Waals surface area contributed by atoms with Crippen LogP contribution in [0.5, 0.6) is 0 Å². The highest BCUT2D eigenvalue weighted by Crippen LogP contribution is 2.49. The molecule has 0 radical (unpaired) electrons. The fourth-order valence-corrected chi connectivity index (χ4v) is 3.61.